The molecule has 0 amide bonds. The summed E-state index contributed by atoms with van der Waals surface area (Å²) in [4.78, 5) is 17.3. The molecule has 3 heterocycles. The second kappa shape index (κ2) is 9.10. The average Bonchev–Trinajstić information content (AvgIpc) is 2.76. The monoisotopic (exact) mass is 411 g/mol. The van der Waals surface area contributed by atoms with Gasteiger partial charge in [-0.1, -0.05) is 6.07 Å². The number of fused-ring (bicyclic) bond motifs is 1. The Morgan fingerprint density at radius 2 is 2.20 bits per heavy atom. The number of anilines is 1. The Morgan fingerprint density at radius 1 is 1.30 bits per heavy atom. The number of ether oxygens (including phenoxy) is 1. The normalized spacial score (nSPS) is 17.1. The van der Waals surface area contributed by atoms with Crippen molar-refractivity contribution in [3.63, 3.8) is 0 Å². The summed E-state index contributed by atoms with van der Waals surface area (Å²) < 4.78 is 19.6. The number of carbonyl (C=O) groups is 1. The zero-order chi connectivity index (χ0) is 20.9. The van der Waals surface area contributed by atoms with Gasteiger partial charge in [0.1, 0.15) is 17.3 Å². The van der Waals surface area contributed by atoms with Crippen LogP contribution in [-0.4, -0.2) is 63.9 Å². The van der Waals surface area contributed by atoms with Gasteiger partial charge in [0, 0.05) is 42.3 Å². The number of nitrogens with zero attached hydrogens (tertiary/aromatic N) is 4. The first kappa shape index (κ1) is 20.1. The highest BCUT2D eigenvalue weighted by Gasteiger charge is 2.23. The van der Waals surface area contributed by atoms with Crippen LogP contribution in [-0.2, 0) is 4.79 Å². The van der Waals surface area contributed by atoms with Crippen LogP contribution in [0.25, 0.3) is 22.0 Å². The third-order valence-corrected chi connectivity index (χ3v) is 5.23. The second-order valence-corrected chi connectivity index (χ2v) is 7.15. The molecule has 3 aromatic rings. The highest BCUT2D eigenvalue weighted by Crippen LogP contribution is 2.36. The van der Waals surface area contributed by atoms with Crippen molar-refractivity contribution < 1.29 is 19.0 Å². The van der Waals surface area contributed by atoms with E-state index in [1.54, 1.807) is 18.5 Å². The van der Waals surface area contributed by atoms with Crippen LogP contribution in [0, 0.1) is 5.82 Å². The van der Waals surface area contributed by atoms with Gasteiger partial charge in [-0.3, -0.25) is 14.7 Å². The molecule has 0 aliphatic carbocycles. The van der Waals surface area contributed by atoms with Crippen molar-refractivity contribution in [2.24, 2.45) is 0 Å². The summed E-state index contributed by atoms with van der Waals surface area (Å²) in [7, 11) is 0. The molecule has 156 valence electrons. The molecule has 0 saturated carbocycles. The summed E-state index contributed by atoms with van der Waals surface area (Å²) in [5, 5.41) is 22.6. The number of nitrogens with one attached hydrogen (secondary N) is 1. The molecule has 1 aromatic carbocycles. The largest absolute Gasteiger partial charge is 0.428 e. The first-order chi connectivity index (χ1) is 14.7. The number of aliphatic hydroxyl groups excluding tert-OH is 1. The maximum absolute atomic E-state index is 14.7. The van der Waals surface area contributed by atoms with E-state index in [0.29, 0.717) is 23.1 Å². The van der Waals surface area contributed by atoms with E-state index in [1.165, 1.54) is 18.2 Å². The van der Waals surface area contributed by atoms with Gasteiger partial charge in [0.25, 0.3) is 6.47 Å². The van der Waals surface area contributed by atoms with E-state index >= 15 is 0 Å². The van der Waals surface area contributed by atoms with Crippen molar-refractivity contribution in [2.45, 2.75) is 18.9 Å². The van der Waals surface area contributed by atoms with E-state index in [4.69, 9.17) is 4.74 Å². The van der Waals surface area contributed by atoms with Gasteiger partial charge in [-0.2, -0.15) is 0 Å². The van der Waals surface area contributed by atoms with E-state index in [9.17, 15) is 14.3 Å². The fourth-order valence-corrected chi connectivity index (χ4v) is 3.88. The number of hydrogen-bond acceptors (Lipinski definition) is 8. The summed E-state index contributed by atoms with van der Waals surface area (Å²) >= 11 is 0. The van der Waals surface area contributed by atoms with E-state index in [1.807, 2.05) is 0 Å². The highest BCUT2D eigenvalue weighted by atomic mass is 19.1. The van der Waals surface area contributed by atoms with Crippen LogP contribution in [0.5, 0.6) is 5.75 Å². The van der Waals surface area contributed by atoms with Gasteiger partial charge >= 0.3 is 0 Å². The molecule has 8 nitrogen and oxygen atoms in total. The van der Waals surface area contributed by atoms with Gasteiger partial charge in [0.05, 0.1) is 12.2 Å². The van der Waals surface area contributed by atoms with Crippen LogP contribution >= 0.6 is 0 Å². The number of benzene rings is 1. The molecule has 4 rings (SSSR count). The maximum atomic E-state index is 14.7. The Hall–Kier alpha value is -3.17. The van der Waals surface area contributed by atoms with Crippen molar-refractivity contribution in [3.8, 4) is 17.0 Å². The molecule has 0 unspecified atom stereocenters. The Labute approximate surface area is 172 Å². The van der Waals surface area contributed by atoms with Crippen molar-refractivity contribution >= 4 is 23.1 Å². The third-order valence-electron chi connectivity index (χ3n) is 5.23. The van der Waals surface area contributed by atoms with E-state index in [2.05, 4.69) is 25.4 Å². The summed E-state index contributed by atoms with van der Waals surface area (Å²) in [5.74, 6) is 0.0753. The number of likely N-dealkylation sites (tertiary alicyclic amines) is 1. The minimum Gasteiger partial charge on any atom is -0.428 e. The number of carbonyl (C=O) groups excluding carboxylic acids is 1. The lowest BCUT2D eigenvalue weighted by molar-refractivity contribution is -0.120. The number of pyridine rings is 1. The summed E-state index contributed by atoms with van der Waals surface area (Å²) in [6, 6.07) is 6.14. The Kier molecular flexibility index (Phi) is 6.10. The molecule has 2 N–H and O–H groups in total. The SMILES string of the molecule is O=COc1cccc(F)c1-c1nnc(N[C@@H]2CCCN(CCO)C2)c2cnccc12. The Bertz CT molecular complexity index is 1050. The van der Waals surface area contributed by atoms with Crippen LogP contribution in [0.1, 0.15) is 12.8 Å². The smallest absolute Gasteiger partial charge is 0.298 e. The molecule has 1 atom stereocenters. The molecule has 9 heteroatoms. The van der Waals surface area contributed by atoms with Crippen LogP contribution in [0.15, 0.2) is 36.7 Å². The fraction of sp³-hybridized carbons (Fsp3) is 0.333. The molecule has 2 aromatic heterocycles. The lowest BCUT2D eigenvalue weighted by atomic mass is 10.0. The summed E-state index contributed by atoms with van der Waals surface area (Å²) in [6.07, 6.45) is 5.24. The first-order valence-corrected chi connectivity index (χ1v) is 9.80. The van der Waals surface area contributed by atoms with Crippen molar-refractivity contribution in [1.29, 1.82) is 0 Å². The topological polar surface area (TPSA) is 100 Å². The number of β-amino-alcohol motifs (C(OH)–C–C–N with tert-alkyl or cyclic N) is 1. The van der Waals surface area contributed by atoms with Crippen LogP contribution in [0.3, 0.4) is 0 Å². The van der Waals surface area contributed by atoms with Crippen LogP contribution in [0.2, 0.25) is 0 Å². The van der Waals surface area contributed by atoms with Crippen molar-refractivity contribution in [1.82, 2.24) is 20.1 Å². The molecular formula is C21H22FN5O3. The minimum absolute atomic E-state index is 0.0741. The number of aliphatic hydroxyl groups is 1. The molecule has 0 spiro atoms. The molecule has 0 radical (unpaired) electrons. The van der Waals surface area contributed by atoms with Gasteiger partial charge in [0.2, 0.25) is 0 Å². The van der Waals surface area contributed by atoms with E-state index in [-0.39, 0.29) is 36.1 Å². The lowest BCUT2D eigenvalue weighted by Gasteiger charge is -2.33. The predicted octanol–water partition coefficient (Wildman–Crippen LogP) is 2.23. The van der Waals surface area contributed by atoms with E-state index < -0.39 is 5.82 Å². The standard InChI is InChI=1S/C21H22FN5O3/c22-17-4-1-5-18(30-13-29)19(17)20-15-6-7-23-11-16(15)21(26-25-20)24-14-3-2-8-27(12-14)9-10-28/h1,4-7,11,13-14,28H,2-3,8-10,12H2,(H,24,26)/t14-/m1/s1. The first-order valence-electron chi connectivity index (χ1n) is 9.80. The van der Waals surface area contributed by atoms with Crippen LogP contribution in [0.4, 0.5) is 10.2 Å². The zero-order valence-electron chi connectivity index (χ0n) is 16.3. The van der Waals surface area contributed by atoms with Gasteiger partial charge in [-0.05, 0) is 37.6 Å². The highest BCUT2D eigenvalue weighted by molar-refractivity contribution is 6.00. The van der Waals surface area contributed by atoms with Crippen molar-refractivity contribution in [3.05, 3.63) is 42.5 Å². The minimum atomic E-state index is -0.561. The van der Waals surface area contributed by atoms with Crippen molar-refractivity contribution in [2.75, 3.05) is 31.6 Å². The molecule has 30 heavy (non-hydrogen) atoms. The fourth-order valence-electron chi connectivity index (χ4n) is 3.88. The maximum Gasteiger partial charge on any atom is 0.298 e. The number of aromatic nitrogens is 3. The molecule has 0 bridgehead atoms. The number of halogens is 1. The second-order valence-electron chi connectivity index (χ2n) is 7.15. The Morgan fingerprint density at radius 3 is 3.03 bits per heavy atom. The van der Waals surface area contributed by atoms with E-state index in [0.717, 1.165) is 25.9 Å². The predicted molar refractivity (Wildman–Crippen MR) is 110 cm³/mol. The van der Waals surface area contributed by atoms with Gasteiger partial charge < -0.3 is 15.2 Å². The average molecular weight is 411 g/mol. The molecular weight excluding hydrogens is 389 g/mol. The summed E-state index contributed by atoms with van der Waals surface area (Å²) in [5.41, 5.74) is 0.352. The third kappa shape index (κ3) is 4.07. The lowest BCUT2D eigenvalue weighted by Crippen LogP contribution is -2.43. The Balaban J connectivity index is 1.72. The quantitative estimate of drug-likeness (QED) is 0.571. The zero-order valence-corrected chi connectivity index (χ0v) is 16.3. The molecule has 1 aliphatic heterocycles. The molecule has 1 fully saturated rings. The number of hydrogen-bond donors (Lipinski definition) is 2. The number of piperidine rings is 1. The van der Waals surface area contributed by atoms with Gasteiger partial charge in [-0.25, -0.2) is 4.39 Å². The van der Waals surface area contributed by atoms with Crippen LogP contribution < -0.4 is 10.1 Å². The molecule has 1 saturated heterocycles. The van der Waals surface area contributed by atoms with Gasteiger partial charge in [-0.15, -0.1) is 10.2 Å². The summed E-state index contributed by atoms with van der Waals surface area (Å²) in [6.45, 7) is 2.77. The number of rotatable bonds is 7. The molecule has 1 aliphatic rings. The van der Waals surface area contributed by atoms with Gasteiger partial charge in [0.15, 0.2) is 5.82 Å².